The second-order valence-electron chi connectivity index (χ2n) is 3.81. The molecule has 0 saturated heterocycles. The highest BCUT2D eigenvalue weighted by Crippen LogP contribution is 2.20. The topological polar surface area (TPSA) is 67.8 Å². The van der Waals surface area contributed by atoms with Crippen LogP contribution in [0.1, 0.15) is 23.0 Å². The van der Waals surface area contributed by atoms with E-state index in [4.69, 9.17) is 11.6 Å². The molecule has 0 aromatic carbocycles. The number of rotatable bonds is 3. The van der Waals surface area contributed by atoms with Gasteiger partial charge in [-0.15, -0.1) is 0 Å². The molecular formula is C12H9Br2ClN4O. The third-order valence-electron chi connectivity index (χ3n) is 2.40. The van der Waals surface area contributed by atoms with E-state index in [0.717, 1.165) is 5.69 Å². The molecule has 2 aromatic rings. The molecule has 0 aliphatic rings. The van der Waals surface area contributed by atoms with Gasteiger partial charge in [0.1, 0.15) is 14.4 Å². The summed E-state index contributed by atoms with van der Waals surface area (Å²) in [6.45, 7) is 1.94. The molecule has 0 fully saturated rings. The number of hydrogen-bond donors (Lipinski definition) is 1. The van der Waals surface area contributed by atoms with Gasteiger partial charge >= 0.3 is 0 Å². The summed E-state index contributed by atoms with van der Waals surface area (Å²) >= 11 is 12.3. The second kappa shape index (κ2) is 6.60. The minimum absolute atomic E-state index is 0.287. The van der Waals surface area contributed by atoms with Crippen LogP contribution in [0.25, 0.3) is 0 Å². The number of nitrogens with one attached hydrogen (secondary N) is 1. The number of hydrogen-bond acceptors (Lipinski definition) is 4. The van der Waals surface area contributed by atoms with Crippen molar-refractivity contribution >= 4 is 55.2 Å². The Balaban J connectivity index is 2.26. The number of halogens is 3. The third kappa shape index (κ3) is 3.74. The van der Waals surface area contributed by atoms with Crippen molar-refractivity contribution in [1.29, 1.82) is 0 Å². The lowest BCUT2D eigenvalue weighted by Crippen LogP contribution is -2.14. The summed E-state index contributed by atoms with van der Waals surface area (Å²) < 4.78 is 1.01. The Labute approximate surface area is 137 Å². The average Bonchev–Trinajstić information content (AvgIpc) is 2.41. The van der Waals surface area contributed by atoms with Crippen molar-refractivity contribution in [2.24, 2.45) is 0 Å². The van der Waals surface area contributed by atoms with E-state index in [9.17, 15) is 4.79 Å². The highest BCUT2D eigenvalue weighted by molar-refractivity contribution is 9.11. The Kier molecular flexibility index (Phi) is 5.06. The maximum absolute atomic E-state index is 12.2. The van der Waals surface area contributed by atoms with E-state index in [2.05, 4.69) is 52.1 Å². The van der Waals surface area contributed by atoms with Crippen molar-refractivity contribution in [2.75, 3.05) is 5.32 Å². The Bertz CT molecular complexity index is 666. The largest absolute Gasteiger partial charge is 0.304 e. The molecule has 0 atom stereocenters. The van der Waals surface area contributed by atoms with E-state index in [1.165, 1.54) is 12.3 Å². The van der Waals surface area contributed by atoms with Crippen LogP contribution in [0.5, 0.6) is 0 Å². The van der Waals surface area contributed by atoms with E-state index in [1.807, 2.05) is 6.92 Å². The summed E-state index contributed by atoms with van der Waals surface area (Å²) in [5, 5.41) is 2.95. The summed E-state index contributed by atoms with van der Waals surface area (Å²) in [5.74, 6) is 0.0190. The molecule has 2 aromatic heterocycles. The Morgan fingerprint density at radius 1 is 1.35 bits per heavy atom. The SMILES string of the molecule is CCc1cc(C(=O)Nc2ncc(Br)nc2Br)cc(Cl)n1. The monoisotopic (exact) mass is 418 g/mol. The van der Waals surface area contributed by atoms with Crippen LogP contribution in [-0.4, -0.2) is 20.9 Å². The highest BCUT2D eigenvalue weighted by atomic mass is 79.9. The Morgan fingerprint density at radius 2 is 2.10 bits per heavy atom. The first-order valence-electron chi connectivity index (χ1n) is 5.65. The molecule has 2 heterocycles. The summed E-state index contributed by atoms with van der Waals surface area (Å²) in [6, 6.07) is 3.21. The molecular weight excluding hydrogens is 411 g/mol. The molecule has 0 bridgehead atoms. The van der Waals surface area contributed by atoms with Crippen molar-refractivity contribution in [3.63, 3.8) is 0 Å². The van der Waals surface area contributed by atoms with Crippen LogP contribution in [0, 0.1) is 0 Å². The van der Waals surface area contributed by atoms with Crippen LogP contribution in [-0.2, 0) is 6.42 Å². The number of carbonyl (C=O) groups is 1. The van der Waals surface area contributed by atoms with Crippen LogP contribution in [0.2, 0.25) is 5.15 Å². The predicted octanol–water partition coefficient (Wildman–Crippen LogP) is 3.86. The van der Waals surface area contributed by atoms with E-state index in [-0.39, 0.29) is 11.1 Å². The van der Waals surface area contributed by atoms with E-state index >= 15 is 0 Å². The number of pyridine rings is 1. The fourth-order valence-corrected chi connectivity index (χ4v) is 2.61. The van der Waals surface area contributed by atoms with Crippen molar-refractivity contribution in [1.82, 2.24) is 15.0 Å². The number of aryl methyl sites for hydroxylation is 1. The molecule has 0 aliphatic carbocycles. The normalized spacial score (nSPS) is 10.4. The lowest BCUT2D eigenvalue weighted by molar-refractivity contribution is 0.102. The highest BCUT2D eigenvalue weighted by Gasteiger charge is 2.12. The molecule has 0 aliphatic heterocycles. The first-order valence-corrected chi connectivity index (χ1v) is 7.62. The van der Waals surface area contributed by atoms with E-state index in [1.54, 1.807) is 6.07 Å². The van der Waals surface area contributed by atoms with Crippen molar-refractivity contribution in [3.8, 4) is 0 Å². The molecule has 0 spiro atoms. The molecule has 0 saturated carbocycles. The van der Waals surface area contributed by atoms with Gasteiger partial charge in [-0.05, 0) is 50.4 Å². The van der Waals surface area contributed by atoms with Gasteiger partial charge in [-0.25, -0.2) is 15.0 Å². The zero-order valence-corrected chi connectivity index (χ0v) is 14.3. The first-order chi connectivity index (χ1) is 9.49. The van der Waals surface area contributed by atoms with Gasteiger partial charge in [-0.2, -0.15) is 0 Å². The summed E-state index contributed by atoms with van der Waals surface area (Å²) in [5.41, 5.74) is 1.18. The van der Waals surface area contributed by atoms with Crippen molar-refractivity contribution < 1.29 is 4.79 Å². The van der Waals surface area contributed by atoms with Crippen LogP contribution in [0.4, 0.5) is 5.82 Å². The molecule has 20 heavy (non-hydrogen) atoms. The van der Waals surface area contributed by atoms with Gasteiger partial charge in [0, 0.05) is 11.3 Å². The minimum atomic E-state index is -0.318. The first kappa shape index (κ1) is 15.3. The predicted molar refractivity (Wildman–Crippen MR) is 84.0 cm³/mol. The van der Waals surface area contributed by atoms with E-state index in [0.29, 0.717) is 27.0 Å². The van der Waals surface area contributed by atoms with Gasteiger partial charge in [-0.1, -0.05) is 18.5 Å². The van der Waals surface area contributed by atoms with Gasteiger partial charge in [0.05, 0.1) is 6.20 Å². The van der Waals surface area contributed by atoms with Gasteiger partial charge in [0.2, 0.25) is 0 Å². The molecule has 1 N–H and O–H groups in total. The lowest BCUT2D eigenvalue weighted by atomic mass is 10.2. The maximum atomic E-state index is 12.2. The fraction of sp³-hybridized carbons (Fsp3) is 0.167. The van der Waals surface area contributed by atoms with Gasteiger partial charge in [0.25, 0.3) is 5.91 Å². The van der Waals surface area contributed by atoms with Crippen LogP contribution < -0.4 is 5.32 Å². The van der Waals surface area contributed by atoms with Crippen LogP contribution >= 0.6 is 43.5 Å². The zero-order valence-electron chi connectivity index (χ0n) is 10.3. The van der Waals surface area contributed by atoms with Gasteiger partial charge in [-0.3, -0.25) is 4.79 Å². The quantitative estimate of drug-likeness (QED) is 0.766. The number of carbonyl (C=O) groups excluding carboxylic acids is 1. The number of aromatic nitrogens is 3. The van der Waals surface area contributed by atoms with Gasteiger partial charge < -0.3 is 5.32 Å². The Hall–Kier alpha value is -1.05. The molecule has 0 unspecified atom stereocenters. The summed E-state index contributed by atoms with van der Waals surface area (Å²) in [6.07, 6.45) is 2.19. The number of amides is 1. The Morgan fingerprint density at radius 3 is 2.75 bits per heavy atom. The standard InChI is InChI=1S/C12H9Br2ClN4O/c1-2-7-3-6(4-9(15)17-7)12(20)19-11-10(14)18-8(13)5-16-11/h3-5H,2H2,1H3,(H,16,19,20). The minimum Gasteiger partial charge on any atom is -0.304 e. The molecule has 104 valence electrons. The van der Waals surface area contributed by atoms with Gasteiger partial charge in [0.15, 0.2) is 5.82 Å². The van der Waals surface area contributed by atoms with E-state index < -0.39 is 0 Å². The van der Waals surface area contributed by atoms with Crippen molar-refractivity contribution in [2.45, 2.75) is 13.3 Å². The maximum Gasteiger partial charge on any atom is 0.257 e. The second-order valence-corrected chi connectivity index (χ2v) is 5.76. The molecule has 5 nitrogen and oxygen atoms in total. The average molecular weight is 420 g/mol. The zero-order chi connectivity index (χ0) is 14.7. The summed E-state index contributed by atoms with van der Waals surface area (Å²) in [7, 11) is 0. The van der Waals surface area contributed by atoms with Crippen molar-refractivity contribution in [3.05, 3.63) is 43.9 Å². The molecule has 1 amide bonds. The lowest BCUT2D eigenvalue weighted by Gasteiger charge is -2.07. The van der Waals surface area contributed by atoms with Crippen LogP contribution in [0.15, 0.2) is 27.5 Å². The van der Waals surface area contributed by atoms with Crippen LogP contribution in [0.3, 0.4) is 0 Å². The fourth-order valence-electron chi connectivity index (χ4n) is 1.47. The number of anilines is 1. The smallest absolute Gasteiger partial charge is 0.257 e. The molecule has 2 rings (SSSR count). The molecule has 0 radical (unpaired) electrons. The number of nitrogens with zero attached hydrogens (tertiary/aromatic N) is 3. The molecule has 8 heteroatoms. The summed E-state index contributed by atoms with van der Waals surface area (Å²) in [4.78, 5) is 24.4. The third-order valence-corrected chi connectivity index (χ3v) is 3.53.